The molecule has 1 heterocycles. The van der Waals surface area contributed by atoms with E-state index < -0.39 is 0 Å². The normalized spacial score (nSPS) is 28.2. The Morgan fingerprint density at radius 3 is 2.69 bits per heavy atom. The van der Waals surface area contributed by atoms with Gasteiger partial charge < -0.3 is 5.32 Å². The number of hydrogen-bond acceptors (Lipinski definition) is 2. The van der Waals surface area contributed by atoms with Gasteiger partial charge in [-0.3, -0.25) is 4.90 Å². The smallest absolute Gasteiger partial charge is 0.0156 e. The molecule has 1 saturated heterocycles. The van der Waals surface area contributed by atoms with Crippen molar-refractivity contribution < 1.29 is 0 Å². The van der Waals surface area contributed by atoms with Crippen molar-refractivity contribution in [1.29, 1.82) is 0 Å². The third-order valence-electron chi connectivity index (χ3n) is 3.11. The van der Waals surface area contributed by atoms with Gasteiger partial charge in [0.05, 0.1) is 0 Å². The Kier molecular flexibility index (Phi) is 3.74. The van der Waals surface area contributed by atoms with Crippen LogP contribution in [0.3, 0.4) is 0 Å². The maximum atomic E-state index is 3.28. The van der Waals surface area contributed by atoms with Gasteiger partial charge in [-0.05, 0) is 52.7 Å². The number of rotatable bonds is 4. The van der Waals surface area contributed by atoms with Gasteiger partial charge in [0.2, 0.25) is 0 Å². The topological polar surface area (TPSA) is 15.3 Å². The first-order valence-corrected chi connectivity index (χ1v) is 5.50. The molecule has 0 aromatic heterocycles. The predicted octanol–water partition coefficient (Wildman–Crippen LogP) is 1.72. The Morgan fingerprint density at radius 2 is 2.15 bits per heavy atom. The summed E-state index contributed by atoms with van der Waals surface area (Å²) in [6, 6.07) is 0. The first kappa shape index (κ1) is 11.0. The fraction of sp³-hybridized carbons (Fsp3) is 1.00. The van der Waals surface area contributed by atoms with Crippen molar-refractivity contribution in [2.45, 2.75) is 39.2 Å². The van der Waals surface area contributed by atoms with Crippen LogP contribution in [0.4, 0.5) is 0 Å². The SMILES string of the molecule is CCCN1CC(CNC)CC1(C)C. The molecular weight excluding hydrogens is 160 g/mol. The van der Waals surface area contributed by atoms with Crippen LogP contribution in [0.2, 0.25) is 0 Å². The van der Waals surface area contributed by atoms with E-state index in [0.29, 0.717) is 5.54 Å². The van der Waals surface area contributed by atoms with Crippen LogP contribution in [0.15, 0.2) is 0 Å². The van der Waals surface area contributed by atoms with E-state index >= 15 is 0 Å². The lowest BCUT2D eigenvalue weighted by Gasteiger charge is -2.30. The lowest BCUT2D eigenvalue weighted by Crippen LogP contribution is -2.38. The molecule has 1 fully saturated rings. The summed E-state index contributed by atoms with van der Waals surface area (Å²) < 4.78 is 0. The summed E-state index contributed by atoms with van der Waals surface area (Å²) in [6.07, 6.45) is 2.61. The van der Waals surface area contributed by atoms with E-state index in [1.54, 1.807) is 0 Å². The summed E-state index contributed by atoms with van der Waals surface area (Å²) >= 11 is 0. The minimum absolute atomic E-state index is 0.428. The molecule has 2 heteroatoms. The van der Waals surface area contributed by atoms with Crippen molar-refractivity contribution in [2.24, 2.45) is 5.92 Å². The van der Waals surface area contributed by atoms with Crippen molar-refractivity contribution >= 4 is 0 Å². The third-order valence-corrected chi connectivity index (χ3v) is 3.11. The zero-order chi connectivity index (χ0) is 9.90. The maximum Gasteiger partial charge on any atom is 0.0156 e. The van der Waals surface area contributed by atoms with E-state index in [1.165, 1.54) is 32.5 Å². The summed E-state index contributed by atoms with van der Waals surface area (Å²) in [5, 5.41) is 3.28. The van der Waals surface area contributed by atoms with Crippen LogP contribution >= 0.6 is 0 Å². The van der Waals surface area contributed by atoms with Gasteiger partial charge in [-0.1, -0.05) is 6.92 Å². The van der Waals surface area contributed by atoms with Crippen LogP contribution in [0.25, 0.3) is 0 Å². The molecule has 0 amide bonds. The molecule has 0 aromatic rings. The predicted molar refractivity (Wildman–Crippen MR) is 58.0 cm³/mol. The minimum atomic E-state index is 0.428. The first-order chi connectivity index (χ1) is 6.10. The molecule has 2 nitrogen and oxygen atoms in total. The van der Waals surface area contributed by atoms with Crippen LogP contribution in [-0.2, 0) is 0 Å². The molecule has 78 valence electrons. The highest BCUT2D eigenvalue weighted by Gasteiger charge is 2.36. The monoisotopic (exact) mass is 184 g/mol. The number of hydrogen-bond donors (Lipinski definition) is 1. The largest absolute Gasteiger partial charge is 0.319 e. The van der Waals surface area contributed by atoms with Gasteiger partial charge >= 0.3 is 0 Å². The average Bonchev–Trinajstić information content (AvgIpc) is 2.28. The quantitative estimate of drug-likeness (QED) is 0.715. The molecule has 1 aliphatic heterocycles. The molecule has 13 heavy (non-hydrogen) atoms. The standard InChI is InChI=1S/C11H24N2/c1-5-6-13-9-10(8-12-4)7-11(13,2)3/h10,12H,5-9H2,1-4H3. The zero-order valence-corrected chi connectivity index (χ0v) is 9.56. The van der Waals surface area contributed by atoms with E-state index in [4.69, 9.17) is 0 Å². The van der Waals surface area contributed by atoms with E-state index in [9.17, 15) is 0 Å². The van der Waals surface area contributed by atoms with Gasteiger partial charge in [-0.15, -0.1) is 0 Å². The molecule has 1 aliphatic rings. The molecule has 1 unspecified atom stereocenters. The Bertz CT molecular complexity index is 154. The second-order valence-electron chi connectivity index (χ2n) is 4.89. The summed E-state index contributed by atoms with van der Waals surface area (Å²) in [6.45, 7) is 10.7. The van der Waals surface area contributed by atoms with Crippen LogP contribution in [0.1, 0.15) is 33.6 Å². The first-order valence-electron chi connectivity index (χ1n) is 5.50. The maximum absolute atomic E-state index is 3.28. The van der Waals surface area contributed by atoms with Gasteiger partial charge in [0.1, 0.15) is 0 Å². The highest BCUT2D eigenvalue weighted by Crippen LogP contribution is 2.32. The molecule has 1 N–H and O–H groups in total. The van der Waals surface area contributed by atoms with Crippen molar-refractivity contribution in [2.75, 3.05) is 26.7 Å². The second kappa shape index (κ2) is 4.43. The molecule has 0 spiro atoms. The van der Waals surface area contributed by atoms with Crippen LogP contribution < -0.4 is 5.32 Å². The van der Waals surface area contributed by atoms with Crippen molar-refractivity contribution in [3.05, 3.63) is 0 Å². The minimum Gasteiger partial charge on any atom is -0.319 e. The van der Waals surface area contributed by atoms with Gasteiger partial charge in [0.15, 0.2) is 0 Å². The van der Waals surface area contributed by atoms with Crippen LogP contribution in [0, 0.1) is 5.92 Å². The lowest BCUT2D eigenvalue weighted by atomic mass is 9.96. The van der Waals surface area contributed by atoms with E-state index in [2.05, 4.69) is 38.0 Å². The molecule has 1 rings (SSSR count). The summed E-state index contributed by atoms with van der Waals surface area (Å²) in [4.78, 5) is 2.63. The highest BCUT2D eigenvalue weighted by molar-refractivity contribution is 4.92. The van der Waals surface area contributed by atoms with Gasteiger partial charge in [0, 0.05) is 12.1 Å². The van der Waals surface area contributed by atoms with Crippen LogP contribution in [-0.4, -0.2) is 37.1 Å². The van der Waals surface area contributed by atoms with Crippen molar-refractivity contribution in [3.8, 4) is 0 Å². The molecule has 0 bridgehead atoms. The fourth-order valence-electron chi connectivity index (χ4n) is 2.55. The Morgan fingerprint density at radius 1 is 1.46 bits per heavy atom. The van der Waals surface area contributed by atoms with Crippen molar-refractivity contribution in [1.82, 2.24) is 10.2 Å². The number of likely N-dealkylation sites (tertiary alicyclic amines) is 1. The Balaban J connectivity index is 2.47. The van der Waals surface area contributed by atoms with Gasteiger partial charge in [-0.2, -0.15) is 0 Å². The number of nitrogens with one attached hydrogen (secondary N) is 1. The Labute approximate surface area is 82.7 Å². The van der Waals surface area contributed by atoms with Gasteiger partial charge in [-0.25, -0.2) is 0 Å². The number of nitrogens with zero attached hydrogens (tertiary/aromatic N) is 1. The van der Waals surface area contributed by atoms with Gasteiger partial charge in [0.25, 0.3) is 0 Å². The molecule has 1 atom stereocenters. The molecule has 0 aliphatic carbocycles. The fourth-order valence-corrected chi connectivity index (χ4v) is 2.55. The average molecular weight is 184 g/mol. The summed E-state index contributed by atoms with van der Waals surface area (Å²) in [5.41, 5.74) is 0.428. The van der Waals surface area contributed by atoms with Crippen molar-refractivity contribution in [3.63, 3.8) is 0 Å². The summed E-state index contributed by atoms with van der Waals surface area (Å²) in [5.74, 6) is 0.853. The highest BCUT2D eigenvalue weighted by atomic mass is 15.2. The molecule has 0 saturated carbocycles. The van der Waals surface area contributed by atoms with E-state index in [-0.39, 0.29) is 0 Å². The zero-order valence-electron chi connectivity index (χ0n) is 9.56. The second-order valence-corrected chi connectivity index (χ2v) is 4.89. The molecule has 0 aromatic carbocycles. The molecular formula is C11H24N2. The third kappa shape index (κ3) is 2.68. The van der Waals surface area contributed by atoms with E-state index in [0.717, 1.165) is 5.92 Å². The van der Waals surface area contributed by atoms with Crippen LogP contribution in [0.5, 0.6) is 0 Å². The lowest BCUT2D eigenvalue weighted by molar-refractivity contribution is 0.175. The summed E-state index contributed by atoms with van der Waals surface area (Å²) in [7, 11) is 2.05. The van der Waals surface area contributed by atoms with E-state index in [1.807, 2.05) is 0 Å². The molecule has 0 radical (unpaired) electrons. The Hall–Kier alpha value is -0.0800.